The molecule has 4 aliphatic rings. The van der Waals surface area contributed by atoms with Gasteiger partial charge in [-0.2, -0.15) is 0 Å². The second-order valence-corrected chi connectivity index (χ2v) is 8.96. The van der Waals surface area contributed by atoms with Gasteiger partial charge in [-0.15, -0.1) is 0 Å². The van der Waals surface area contributed by atoms with Crippen molar-refractivity contribution < 1.29 is 14.5 Å². The molecule has 1 aliphatic heterocycles. The summed E-state index contributed by atoms with van der Waals surface area (Å²) in [6, 6.07) is 19.9. The van der Waals surface area contributed by atoms with Gasteiger partial charge in [0.05, 0.1) is 11.6 Å². The molecule has 7 rings (SSSR count). The summed E-state index contributed by atoms with van der Waals surface area (Å²) in [5.74, 6) is -3.12. The lowest BCUT2D eigenvalue weighted by Gasteiger charge is -2.48. The van der Waals surface area contributed by atoms with Crippen LogP contribution in [0, 0.1) is 35.8 Å². The lowest BCUT2D eigenvalue weighted by molar-refractivity contribution is -0.578. The molecule has 2 bridgehead atoms. The van der Waals surface area contributed by atoms with Gasteiger partial charge in [-0.05, 0) is 48.2 Å². The molecule has 3 aromatic rings. The summed E-state index contributed by atoms with van der Waals surface area (Å²) in [5.41, 5.74) is 3.29. The van der Waals surface area contributed by atoms with Gasteiger partial charge in [-0.25, -0.2) is 4.90 Å². The number of carbonyl (C=O) groups is 2. The number of amides is 2. The van der Waals surface area contributed by atoms with Gasteiger partial charge in [0.25, 0.3) is 5.54 Å². The first-order valence-corrected chi connectivity index (χ1v) is 10.7. The Kier molecular flexibility index (Phi) is 3.62. The highest BCUT2D eigenvalue weighted by Crippen LogP contribution is 2.64. The molecule has 0 N–H and O–H groups in total. The second-order valence-electron chi connectivity index (χ2n) is 8.96. The lowest BCUT2D eigenvalue weighted by Crippen LogP contribution is -2.57. The molecule has 3 aliphatic carbocycles. The molecular weight excluding hydrogens is 404 g/mol. The smallest absolute Gasteiger partial charge is 0.274 e. The Morgan fingerprint density at radius 1 is 0.844 bits per heavy atom. The minimum Gasteiger partial charge on any atom is -0.274 e. The van der Waals surface area contributed by atoms with Gasteiger partial charge < -0.3 is 0 Å². The minimum absolute atomic E-state index is 0.340. The zero-order valence-electron chi connectivity index (χ0n) is 17.6. The van der Waals surface area contributed by atoms with E-state index in [-0.39, 0.29) is 16.7 Å². The van der Waals surface area contributed by atoms with Crippen LogP contribution >= 0.6 is 0 Å². The molecule has 158 valence electrons. The van der Waals surface area contributed by atoms with Crippen molar-refractivity contribution in [3.63, 3.8) is 0 Å². The zero-order valence-corrected chi connectivity index (χ0v) is 17.6. The van der Waals surface area contributed by atoms with E-state index < -0.39 is 23.3 Å². The van der Waals surface area contributed by atoms with Crippen LogP contribution in [-0.4, -0.2) is 16.7 Å². The van der Waals surface area contributed by atoms with E-state index in [0.717, 1.165) is 22.3 Å². The van der Waals surface area contributed by atoms with Crippen molar-refractivity contribution in [3.8, 4) is 0 Å². The van der Waals surface area contributed by atoms with Crippen LogP contribution in [0.15, 0.2) is 66.7 Å². The molecule has 3 aromatic carbocycles. The molecule has 6 heteroatoms. The number of carbonyl (C=O) groups excluding carboxylic acids is 2. The maximum atomic E-state index is 13.9. The number of imide groups is 1. The Balaban J connectivity index is 1.66. The van der Waals surface area contributed by atoms with E-state index in [1.165, 1.54) is 4.90 Å². The highest BCUT2D eigenvalue weighted by Gasteiger charge is 2.74. The first kappa shape index (κ1) is 18.9. The first-order chi connectivity index (χ1) is 15.4. The van der Waals surface area contributed by atoms with E-state index in [2.05, 4.69) is 0 Å². The number of anilines is 1. The van der Waals surface area contributed by atoms with Gasteiger partial charge in [0.1, 0.15) is 5.92 Å². The van der Waals surface area contributed by atoms with Crippen molar-refractivity contribution in [2.45, 2.75) is 25.3 Å². The average Bonchev–Trinajstić information content (AvgIpc) is 3.06. The Morgan fingerprint density at radius 2 is 1.44 bits per heavy atom. The van der Waals surface area contributed by atoms with Crippen LogP contribution < -0.4 is 4.90 Å². The summed E-state index contributed by atoms with van der Waals surface area (Å²) >= 11 is 0. The number of hydrogen-bond acceptors (Lipinski definition) is 4. The molecule has 2 amide bonds. The number of nitrogens with zero attached hydrogens (tertiary/aromatic N) is 2. The lowest BCUT2D eigenvalue weighted by atomic mass is 9.51. The fraction of sp³-hybridized carbons (Fsp3) is 0.231. The quantitative estimate of drug-likeness (QED) is 0.353. The van der Waals surface area contributed by atoms with Crippen LogP contribution in [0.2, 0.25) is 0 Å². The Morgan fingerprint density at radius 3 is 2.00 bits per heavy atom. The van der Waals surface area contributed by atoms with Gasteiger partial charge in [-0.1, -0.05) is 54.6 Å². The van der Waals surface area contributed by atoms with Crippen molar-refractivity contribution in [1.82, 2.24) is 0 Å². The summed E-state index contributed by atoms with van der Waals surface area (Å²) < 4.78 is 0. The van der Waals surface area contributed by atoms with E-state index in [4.69, 9.17) is 0 Å². The molecule has 1 fully saturated rings. The van der Waals surface area contributed by atoms with Crippen LogP contribution in [-0.2, 0) is 15.1 Å². The van der Waals surface area contributed by atoms with Gasteiger partial charge in [0.15, 0.2) is 0 Å². The number of rotatable bonds is 2. The number of aryl methyl sites for hydroxylation is 2. The first-order valence-electron chi connectivity index (χ1n) is 10.7. The van der Waals surface area contributed by atoms with Crippen molar-refractivity contribution >= 4 is 17.5 Å². The average molecular weight is 424 g/mol. The van der Waals surface area contributed by atoms with Crippen molar-refractivity contribution in [2.75, 3.05) is 4.90 Å². The molecule has 0 aromatic heterocycles. The number of benzene rings is 3. The van der Waals surface area contributed by atoms with E-state index in [1.54, 1.807) is 30.3 Å². The second kappa shape index (κ2) is 6.13. The van der Waals surface area contributed by atoms with Crippen molar-refractivity contribution in [3.05, 3.63) is 110 Å². The summed E-state index contributed by atoms with van der Waals surface area (Å²) in [6.45, 7) is 3.88. The van der Waals surface area contributed by atoms with Crippen LogP contribution in [0.25, 0.3) is 0 Å². The van der Waals surface area contributed by atoms with Gasteiger partial charge in [0, 0.05) is 22.0 Å². The third kappa shape index (κ3) is 2.00. The summed E-state index contributed by atoms with van der Waals surface area (Å²) in [5, 5.41) is 12.9. The third-order valence-corrected chi connectivity index (χ3v) is 7.61. The van der Waals surface area contributed by atoms with Crippen LogP contribution in [0.4, 0.5) is 5.69 Å². The van der Waals surface area contributed by atoms with Crippen molar-refractivity contribution in [2.24, 2.45) is 11.8 Å². The number of nitro groups is 1. The molecule has 0 unspecified atom stereocenters. The standard InChI is InChI=1S/C26H20N2O4/c1-14-11-12-16(13-15(14)2)27-24(29)22-21-17-7-3-5-9-19(17)26(28(31)32,23(22)25(27)30)20-10-6-4-8-18(20)21/h3-13,21-23H,1-2H3/t21?,22-,23+,26?/m0/s1. The van der Waals surface area contributed by atoms with Crippen LogP contribution in [0.1, 0.15) is 39.3 Å². The topological polar surface area (TPSA) is 80.5 Å². The molecule has 6 nitrogen and oxygen atoms in total. The zero-order chi connectivity index (χ0) is 22.4. The molecule has 0 spiro atoms. The van der Waals surface area contributed by atoms with E-state index in [9.17, 15) is 19.7 Å². The highest BCUT2D eigenvalue weighted by atomic mass is 16.6. The van der Waals surface area contributed by atoms with Crippen molar-refractivity contribution in [1.29, 1.82) is 0 Å². The maximum absolute atomic E-state index is 13.9. The van der Waals surface area contributed by atoms with Gasteiger partial charge in [-0.3, -0.25) is 19.7 Å². The fourth-order valence-corrected chi connectivity index (χ4v) is 6.16. The molecule has 0 radical (unpaired) electrons. The molecule has 2 atom stereocenters. The van der Waals surface area contributed by atoms with E-state index >= 15 is 0 Å². The SMILES string of the molecule is Cc1ccc(N2C(=O)[C@H]3C4c5ccccc5C([N+](=O)[O-])(c5ccccc54)[C@H]3C2=O)cc1C. The summed E-state index contributed by atoms with van der Waals surface area (Å²) in [4.78, 5) is 41.4. The number of hydrogen-bond donors (Lipinski definition) is 0. The Hall–Kier alpha value is -3.80. The monoisotopic (exact) mass is 424 g/mol. The van der Waals surface area contributed by atoms with Gasteiger partial charge in [0.2, 0.25) is 11.8 Å². The summed E-state index contributed by atoms with van der Waals surface area (Å²) in [6.07, 6.45) is 0. The minimum atomic E-state index is -1.78. The Labute approximate surface area is 184 Å². The molecule has 1 heterocycles. The van der Waals surface area contributed by atoms with Gasteiger partial charge >= 0.3 is 0 Å². The summed E-state index contributed by atoms with van der Waals surface area (Å²) in [7, 11) is 0. The van der Waals surface area contributed by atoms with Crippen LogP contribution in [0.5, 0.6) is 0 Å². The fourth-order valence-electron chi connectivity index (χ4n) is 6.16. The molecule has 1 saturated heterocycles. The maximum Gasteiger partial charge on any atom is 0.285 e. The van der Waals surface area contributed by atoms with E-state index in [0.29, 0.717) is 16.8 Å². The molecular formula is C26H20N2O4. The van der Waals surface area contributed by atoms with E-state index in [1.807, 2.05) is 50.2 Å². The van der Waals surface area contributed by atoms with Crippen LogP contribution in [0.3, 0.4) is 0 Å². The third-order valence-electron chi connectivity index (χ3n) is 7.61. The highest BCUT2D eigenvalue weighted by molar-refractivity contribution is 6.23. The molecule has 32 heavy (non-hydrogen) atoms. The Bertz CT molecular complexity index is 1310. The molecule has 0 saturated carbocycles. The normalized spacial score (nSPS) is 27.2. The predicted octanol–water partition coefficient (Wildman–Crippen LogP) is 4.09. The largest absolute Gasteiger partial charge is 0.285 e. The predicted molar refractivity (Wildman–Crippen MR) is 118 cm³/mol.